The molecular weight excluding hydrogens is 432 g/mol. The smallest absolute Gasteiger partial charge is 0.306 e. The lowest BCUT2D eigenvalue weighted by Crippen LogP contribution is -2.27. The second kappa shape index (κ2) is 8.11. The number of carbonyl (C=O) groups excluding carboxylic acids is 1. The SMILES string of the molecule is CC(C)(C)OC(=O)C[C@H]1CN(c2ncc(Br)cn2)C[C@@H]1c1cc(F)ccc1F. The first-order chi connectivity index (χ1) is 13.1. The highest BCUT2D eigenvalue weighted by molar-refractivity contribution is 9.10. The van der Waals surface area contributed by atoms with Gasteiger partial charge >= 0.3 is 5.97 Å². The molecule has 0 radical (unpaired) electrons. The number of carbonyl (C=O) groups is 1. The Morgan fingerprint density at radius 3 is 2.57 bits per heavy atom. The molecule has 2 aromatic rings. The molecule has 1 saturated heterocycles. The number of halogens is 3. The van der Waals surface area contributed by atoms with E-state index in [0.29, 0.717) is 19.0 Å². The maximum absolute atomic E-state index is 14.4. The molecule has 0 bridgehead atoms. The van der Waals surface area contributed by atoms with Gasteiger partial charge in [0.25, 0.3) is 0 Å². The van der Waals surface area contributed by atoms with Crippen molar-refractivity contribution in [1.29, 1.82) is 0 Å². The molecule has 0 spiro atoms. The number of anilines is 1. The van der Waals surface area contributed by atoms with Crippen LogP contribution in [0.4, 0.5) is 14.7 Å². The Balaban J connectivity index is 1.87. The lowest BCUT2D eigenvalue weighted by molar-refractivity contribution is -0.155. The normalized spacial score (nSPS) is 19.7. The highest BCUT2D eigenvalue weighted by Crippen LogP contribution is 2.38. The molecule has 1 fully saturated rings. The fourth-order valence-corrected chi connectivity index (χ4v) is 3.66. The Kier molecular flexibility index (Phi) is 5.98. The minimum absolute atomic E-state index is 0.102. The number of aromatic nitrogens is 2. The van der Waals surface area contributed by atoms with E-state index in [2.05, 4.69) is 25.9 Å². The van der Waals surface area contributed by atoms with Crippen LogP contribution in [0.5, 0.6) is 0 Å². The van der Waals surface area contributed by atoms with Crippen LogP contribution in [-0.2, 0) is 9.53 Å². The van der Waals surface area contributed by atoms with Crippen LogP contribution >= 0.6 is 15.9 Å². The van der Waals surface area contributed by atoms with Crippen molar-refractivity contribution in [3.8, 4) is 0 Å². The van der Waals surface area contributed by atoms with Crippen molar-refractivity contribution in [2.45, 2.75) is 38.7 Å². The molecule has 1 aliphatic heterocycles. The van der Waals surface area contributed by atoms with Gasteiger partial charge in [0.05, 0.1) is 10.9 Å². The first-order valence-electron chi connectivity index (χ1n) is 9.01. The van der Waals surface area contributed by atoms with E-state index in [9.17, 15) is 13.6 Å². The summed E-state index contributed by atoms with van der Waals surface area (Å²) in [7, 11) is 0. The zero-order valence-electron chi connectivity index (χ0n) is 16.0. The number of benzene rings is 1. The van der Waals surface area contributed by atoms with Gasteiger partial charge < -0.3 is 9.64 Å². The summed E-state index contributed by atoms with van der Waals surface area (Å²) in [5.74, 6) is -1.51. The van der Waals surface area contributed by atoms with Crippen molar-refractivity contribution in [3.05, 3.63) is 52.3 Å². The molecule has 3 rings (SSSR count). The Labute approximate surface area is 171 Å². The minimum Gasteiger partial charge on any atom is -0.460 e. The number of rotatable bonds is 4. The minimum atomic E-state index is -0.607. The van der Waals surface area contributed by atoms with Gasteiger partial charge in [0.1, 0.15) is 17.2 Å². The number of esters is 1. The van der Waals surface area contributed by atoms with Gasteiger partial charge in [0.2, 0.25) is 5.95 Å². The maximum Gasteiger partial charge on any atom is 0.306 e. The Morgan fingerprint density at radius 1 is 1.25 bits per heavy atom. The average molecular weight is 454 g/mol. The molecule has 2 atom stereocenters. The van der Waals surface area contributed by atoms with Crippen LogP contribution in [0.3, 0.4) is 0 Å². The van der Waals surface area contributed by atoms with E-state index in [4.69, 9.17) is 4.74 Å². The number of hydrogen-bond donors (Lipinski definition) is 0. The quantitative estimate of drug-likeness (QED) is 0.639. The van der Waals surface area contributed by atoms with E-state index in [-0.39, 0.29) is 29.8 Å². The zero-order chi connectivity index (χ0) is 20.5. The van der Waals surface area contributed by atoms with E-state index in [1.54, 1.807) is 33.2 Å². The van der Waals surface area contributed by atoms with Crippen LogP contribution < -0.4 is 4.90 Å². The molecule has 1 aromatic carbocycles. The molecule has 150 valence electrons. The van der Waals surface area contributed by atoms with Gasteiger partial charge in [-0.05, 0) is 66.4 Å². The van der Waals surface area contributed by atoms with Gasteiger partial charge in [-0.1, -0.05) is 0 Å². The fraction of sp³-hybridized carbons (Fsp3) is 0.450. The lowest BCUT2D eigenvalue weighted by atomic mass is 9.86. The second-order valence-corrected chi connectivity index (χ2v) is 8.84. The summed E-state index contributed by atoms with van der Waals surface area (Å²) in [5.41, 5.74) is -0.350. The van der Waals surface area contributed by atoms with Gasteiger partial charge in [-0.2, -0.15) is 0 Å². The van der Waals surface area contributed by atoms with Gasteiger partial charge in [-0.3, -0.25) is 4.79 Å². The topological polar surface area (TPSA) is 55.3 Å². The van der Waals surface area contributed by atoms with Crippen molar-refractivity contribution in [2.24, 2.45) is 5.92 Å². The van der Waals surface area contributed by atoms with Crippen LogP contribution in [0.25, 0.3) is 0 Å². The van der Waals surface area contributed by atoms with Crippen LogP contribution in [-0.4, -0.2) is 34.6 Å². The molecule has 1 aliphatic rings. The average Bonchev–Trinajstić information content (AvgIpc) is 2.99. The Hall–Kier alpha value is -2.09. The molecule has 0 aliphatic carbocycles. The third-order valence-corrected chi connectivity index (χ3v) is 4.95. The largest absolute Gasteiger partial charge is 0.460 e. The Morgan fingerprint density at radius 2 is 1.93 bits per heavy atom. The van der Waals surface area contributed by atoms with Crippen LogP contribution in [0.1, 0.15) is 38.7 Å². The summed E-state index contributed by atoms with van der Waals surface area (Å²) >= 11 is 3.30. The number of hydrogen-bond acceptors (Lipinski definition) is 5. The molecular formula is C20H22BrF2N3O2. The van der Waals surface area contributed by atoms with Gasteiger partial charge in [0.15, 0.2) is 0 Å². The van der Waals surface area contributed by atoms with Gasteiger partial charge in [-0.15, -0.1) is 0 Å². The van der Waals surface area contributed by atoms with Crippen molar-refractivity contribution >= 4 is 27.8 Å². The van der Waals surface area contributed by atoms with Crippen LogP contribution in [0, 0.1) is 17.6 Å². The fourth-order valence-electron chi connectivity index (χ4n) is 3.46. The number of nitrogens with zero attached hydrogens (tertiary/aromatic N) is 3. The van der Waals surface area contributed by atoms with E-state index < -0.39 is 17.2 Å². The molecule has 1 aromatic heterocycles. The van der Waals surface area contributed by atoms with E-state index in [1.807, 2.05) is 4.90 Å². The van der Waals surface area contributed by atoms with Crippen LogP contribution in [0.15, 0.2) is 35.1 Å². The zero-order valence-corrected chi connectivity index (χ0v) is 17.5. The van der Waals surface area contributed by atoms with Crippen molar-refractivity contribution in [2.75, 3.05) is 18.0 Å². The first kappa shape index (κ1) is 20.6. The van der Waals surface area contributed by atoms with Crippen LogP contribution in [0.2, 0.25) is 0 Å². The summed E-state index contributed by atoms with van der Waals surface area (Å²) in [4.78, 5) is 22.8. The molecule has 0 unspecified atom stereocenters. The van der Waals surface area contributed by atoms with Gasteiger partial charge in [0, 0.05) is 31.4 Å². The summed E-state index contributed by atoms with van der Waals surface area (Å²) in [6, 6.07) is 3.41. The summed E-state index contributed by atoms with van der Waals surface area (Å²) in [6.45, 7) is 6.22. The maximum atomic E-state index is 14.4. The van der Waals surface area contributed by atoms with E-state index in [0.717, 1.165) is 16.6 Å². The number of ether oxygens (including phenoxy) is 1. The molecule has 5 nitrogen and oxygen atoms in total. The van der Waals surface area contributed by atoms with Crippen molar-refractivity contribution in [1.82, 2.24) is 9.97 Å². The molecule has 0 saturated carbocycles. The summed E-state index contributed by atoms with van der Waals surface area (Å²) in [6.07, 6.45) is 3.35. The van der Waals surface area contributed by atoms with E-state index >= 15 is 0 Å². The Bertz CT molecular complexity index is 856. The predicted molar refractivity (Wildman–Crippen MR) is 105 cm³/mol. The molecule has 28 heavy (non-hydrogen) atoms. The standard InChI is InChI=1S/C20H22BrF2N3O2/c1-20(2,3)28-18(27)6-12-10-26(19-24-8-13(21)9-25-19)11-16(12)15-7-14(22)4-5-17(15)23/h4-5,7-9,12,16H,6,10-11H2,1-3H3/t12-,16-/m0/s1. The summed E-state index contributed by atoms with van der Waals surface area (Å²) < 4.78 is 34.4. The molecule has 8 heteroatoms. The van der Waals surface area contributed by atoms with Gasteiger partial charge in [-0.25, -0.2) is 18.7 Å². The van der Waals surface area contributed by atoms with E-state index in [1.165, 1.54) is 6.07 Å². The van der Waals surface area contributed by atoms with Crippen molar-refractivity contribution < 1.29 is 18.3 Å². The molecule has 0 N–H and O–H groups in total. The monoisotopic (exact) mass is 453 g/mol. The lowest BCUT2D eigenvalue weighted by Gasteiger charge is -2.23. The summed E-state index contributed by atoms with van der Waals surface area (Å²) in [5, 5.41) is 0. The third kappa shape index (κ3) is 5.04. The third-order valence-electron chi connectivity index (χ3n) is 4.54. The molecule has 0 amide bonds. The second-order valence-electron chi connectivity index (χ2n) is 7.93. The first-order valence-corrected chi connectivity index (χ1v) is 9.81. The highest BCUT2D eigenvalue weighted by atomic mass is 79.9. The molecule has 2 heterocycles. The van der Waals surface area contributed by atoms with Crippen molar-refractivity contribution in [3.63, 3.8) is 0 Å². The highest BCUT2D eigenvalue weighted by Gasteiger charge is 2.38. The predicted octanol–water partition coefficient (Wildman–Crippen LogP) is 4.47.